The van der Waals surface area contributed by atoms with Gasteiger partial charge >= 0.3 is 0 Å². The summed E-state index contributed by atoms with van der Waals surface area (Å²) in [6.07, 6.45) is 0.417. The van der Waals surface area contributed by atoms with Crippen molar-refractivity contribution in [3.05, 3.63) is 70.6 Å². The Morgan fingerprint density at radius 2 is 1.93 bits per heavy atom. The molecule has 2 aromatic carbocycles. The van der Waals surface area contributed by atoms with Crippen LogP contribution in [0.5, 0.6) is 0 Å². The standard InChI is InChI=1S/C22H23N3O2/c1-14-5-4-6-17(9-14)12-25-13-18(11-20(25)26)22-23-21(24-27-22)19-10-15(2)7-8-16(19)3/h4-10,18H,11-13H2,1-3H3. The lowest BCUT2D eigenvalue weighted by atomic mass is 10.1. The normalized spacial score (nSPS) is 16.9. The Morgan fingerprint density at radius 1 is 1.11 bits per heavy atom. The van der Waals surface area contributed by atoms with E-state index in [-0.39, 0.29) is 11.8 Å². The van der Waals surface area contributed by atoms with Crippen molar-refractivity contribution in [3.63, 3.8) is 0 Å². The zero-order chi connectivity index (χ0) is 19.0. The number of aryl methyl sites for hydroxylation is 3. The lowest BCUT2D eigenvalue weighted by Gasteiger charge is -2.16. The number of hydrogen-bond acceptors (Lipinski definition) is 4. The largest absolute Gasteiger partial charge is 0.339 e. The molecule has 138 valence electrons. The Morgan fingerprint density at radius 3 is 2.74 bits per heavy atom. The molecule has 0 saturated carbocycles. The fraction of sp³-hybridized carbons (Fsp3) is 0.318. The number of carbonyl (C=O) groups is 1. The maximum absolute atomic E-state index is 12.5. The highest BCUT2D eigenvalue weighted by Gasteiger charge is 2.34. The van der Waals surface area contributed by atoms with Crippen LogP contribution in [-0.2, 0) is 11.3 Å². The summed E-state index contributed by atoms with van der Waals surface area (Å²) in [6.45, 7) is 7.37. The number of carbonyl (C=O) groups excluding carboxylic acids is 1. The number of hydrogen-bond donors (Lipinski definition) is 0. The molecule has 5 heteroatoms. The van der Waals surface area contributed by atoms with Crippen molar-refractivity contribution in [1.82, 2.24) is 15.0 Å². The van der Waals surface area contributed by atoms with Gasteiger partial charge in [0.25, 0.3) is 0 Å². The van der Waals surface area contributed by atoms with Crippen LogP contribution in [0.25, 0.3) is 11.4 Å². The van der Waals surface area contributed by atoms with E-state index in [1.54, 1.807) is 0 Å². The average Bonchev–Trinajstić information content (AvgIpc) is 3.25. The topological polar surface area (TPSA) is 59.2 Å². The molecule has 2 heterocycles. The van der Waals surface area contributed by atoms with E-state index >= 15 is 0 Å². The Kier molecular flexibility index (Phi) is 4.52. The molecule has 1 fully saturated rings. The molecular weight excluding hydrogens is 338 g/mol. The van der Waals surface area contributed by atoms with Crippen LogP contribution in [0.2, 0.25) is 0 Å². The molecule has 1 amide bonds. The minimum atomic E-state index is -0.0475. The second-order valence-electron chi connectivity index (χ2n) is 7.44. The van der Waals surface area contributed by atoms with E-state index in [0.29, 0.717) is 31.2 Å². The molecule has 0 N–H and O–H groups in total. The number of benzene rings is 2. The molecule has 1 aliphatic heterocycles. The van der Waals surface area contributed by atoms with Gasteiger partial charge in [0.05, 0.1) is 5.92 Å². The maximum Gasteiger partial charge on any atom is 0.232 e. The number of likely N-dealkylation sites (tertiary alicyclic amines) is 1. The van der Waals surface area contributed by atoms with Crippen LogP contribution in [0.1, 0.15) is 40.5 Å². The summed E-state index contributed by atoms with van der Waals surface area (Å²) in [5, 5.41) is 4.16. The van der Waals surface area contributed by atoms with Gasteiger partial charge in [-0.25, -0.2) is 0 Å². The zero-order valence-corrected chi connectivity index (χ0v) is 15.9. The first-order valence-corrected chi connectivity index (χ1v) is 9.24. The molecular formula is C22H23N3O2. The first kappa shape index (κ1) is 17.5. The average molecular weight is 361 g/mol. The zero-order valence-electron chi connectivity index (χ0n) is 15.9. The van der Waals surface area contributed by atoms with Gasteiger partial charge in [0.2, 0.25) is 17.6 Å². The molecule has 1 atom stereocenters. The summed E-state index contributed by atoms with van der Waals surface area (Å²) in [4.78, 5) is 18.9. The minimum absolute atomic E-state index is 0.0475. The molecule has 1 aliphatic rings. The van der Waals surface area contributed by atoms with E-state index in [9.17, 15) is 4.79 Å². The summed E-state index contributed by atoms with van der Waals surface area (Å²) in [5.41, 5.74) is 5.58. The number of aromatic nitrogens is 2. The van der Waals surface area contributed by atoms with Gasteiger partial charge in [0.15, 0.2) is 0 Å². The van der Waals surface area contributed by atoms with Crippen molar-refractivity contribution in [2.45, 2.75) is 39.7 Å². The van der Waals surface area contributed by atoms with E-state index in [1.807, 2.05) is 24.8 Å². The summed E-state index contributed by atoms with van der Waals surface area (Å²) in [5.74, 6) is 1.23. The predicted octanol–water partition coefficient (Wildman–Crippen LogP) is 4.18. The lowest BCUT2D eigenvalue weighted by Crippen LogP contribution is -2.24. The van der Waals surface area contributed by atoms with Gasteiger partial charge < -0.3 is 9.42 Å². The van der Waals surface area contributed by atoms with Gasteiger partial charge in [-0.1, -0.05) is 52.7 Å². The van der Waals surface area contributed by atoms with Crippen molar-refractivity contribution < 1.29 is 9.32 Å². The number of nitrogens with zero attached hydrogens (tertiary/aromatic N) is 3. The van der Waals surface area contributed by atoms with E-state index in [0.717, 1.165) is 22.3 Å². The molecule has 0 bridgehead atoms. The van der Waals surface area contributed by atoms with Gasteiger partial charge in [-0.3, -0.25) is 4.79 Å². The minimum Gasteiger partial charge on any atom is -0.339 e. The van der Waals surface area contributed by atoms with Crippen LogP contribution in [0.4, 0.5) is 0 Å². The Bertz CT molecular complexity index is 993. The second-order valence-corrected chi connectivity index (χ2v) is 7.44. The molecule has 1 unspecified atom stereocenters. The van der Waals surface area contributed by atoms with Gasteiger partial charge in [-0.2, -0.15) is 4.98 Å². The first-order valence-electron chi connectivity index (χ1n) is 9.24. The Balaban J connectivity index is 1.51. The molecule has 0 spiro atoms. The van der Waals surface area contributed by atoms with E-state index in [1.165, 1.54) is 5.56 Å². The van der Waals surface area contributed by atoms with E-state index < -0.39 is 0 Å². The van der Waals surface area contributed by atoms with Gasteiger partial charge in [-0.05, 0) is 38.0 Å². The third-order valence-electron chi connectivity index (χ3n) is 5.10. The van der Waals surface area contributed by atoms with Crippen molar-refractivity contribution in [3.8, 4) is 11.4 Å². The molecule has 4 rings (SSSR count). The Hall–Kier alpha value is -2.95. The highest BCUT2D eigenvalue weighted by Crippen LogP contribution is 2.30. The summed E-state index contributed by atoms with van der Waals surface area (Å²) in [7, 11) is 0. The number of rotatable bonds is 4. The van der Waals surface area contributed by atoms with Crippen LogP contribution in [-0.4, -0.2) is 27.5 Å². The van der Waals surface area contributed by atoms with E-state index in [2.05, 4.69) is 53.5 Å². The molecule has 27 heavy (non-hydrogen) atoms. The highest BCUT2D eigenvalue weighted by atomic mass is 16.5. The molecule has 1 saturated heterocycles. The number of amides is 1. The maximum atomic E-state index is 12.5. The Labute approximate surface area is 159 Å². The molecule has 5 nitrogen and oxygen atoms in total. The molecule has 1 aromatic heterocycles. The third kappa shape index (κ3) is 3.63. The van der Waals surface area contributed by atoms with Gasteiger partial charge in [-0.15, -0.1) is 0 Å². The molecule has 0 radical (unpaired) electrons. The van der Waals surface area contributed by atoms with Crippen LogP contribution >= 0.6 is 0 Å². The third-order valence-corrected chi connectivity index (χ3v) is 5.10. The SMILES string of the molecule is Cc1cccc(CN2CC(c3nc(-c4cc(C)ccc4C)no3)CC2=O)c1. The monoisotopic (exact) mass is 361 g/mol. The van der Waals surface area contributed by atoms with Crippen molar-refractivity contribution in [1.29, 1.82) is 0 Å². The van der Waals surface area contributed by atoms with Gasteiger partial charge in [0, 0.05) is 25.1 Å². The van der Waals surface area contributed by atoms with Crippen molar-refractivity contribution in [2.24, 2.45) is 0 Å². The van der Waals surface area contributed by atoms with Crippen molar-refractivity contribution >= 4 is 5.91 Å². The lowest BCUT2D eigenvalue weighted by molar-refractivity contribution is -0.128. The second kappa shape index (κ2) is 6.99. The van der Waals surface area contributed by atoms with Crippen LogP contribution < -0.4 is 0 Å². The quantitative estimate of drug-likeness (QED) is 0.699. The highest BCUT2D eigenvalue weighted by molar-refractivity contribution is 5.79. The van der Waals surface area contributed by atoms with E-state index in [4.69, 9.17) is 4.52 Å². The summed E-state index contributed by atoms with van der Waals surface area (Å²) >= 11 is 0. The van der Waals surface area contributed by atoms with Crippen LogP contribution in [0.3, 0.4) is 0 Å². The fourth-order valence-corrected chi connectivity index (χ4v) is 3.61. The van der Waals surface area contributed by atoms with Crippen LogP contribution in [0.15, 0.2) is 47.0 Å². The fourth-order valence-electron chi connectivity index (χ4n) is 3.61. The van der Waals surface area contributed by atoms with Gasteiger partial charge in [0.1, 0.15) is 0 Å². The smallest absolute Gasteiger partial charge is 0.232 e. The first-order chi connectivity index (χ1) is 13.0. The molecule has 0 aliphatic carbocycles. The summed E-state index contributed by atoms with van der Waals surface area (Å²) in [6, 6.07) is 14.4. The summed E-state index contributed by atoms with van der Waals surface area (Å²) < 4.78 is 5.52. The predicted molar refractivity (Wildman–Crippen MR) is 103 cm³/mol. The van der Waals surface area contributed by atoms with Crippen LogP contribution in [0, 0.1) is 20.8 Å². The molecule has 3 aromatic rings. The van der Waals surface area contributed by atoms with Crippen molar-refractivity contribution in [2.75, 3.05) is 6.54 Å².